The lowest BCUT2D eigenvalue weighted by molar-refractivity contribution is -0.116. The number of hydrogen-bond acceptors (Lipinski definition) is 4. The zero-order chi connectivity index (χ0) is 23.3. The van der Waals surface area contributed by atoms with Crippen molar-refractivity contribution in [3.05, 3.63) is 84.4 Å². The molecule has 0 heterocycles. The number of nitrogens with one attached hydrogen (secondary N) is 3. The molecule has 0 aliphatic heterocycles. The van der Waals surface area contributed by atoms with Gasteiger partial charge >= 0.3 is 0 Å². The number of carbonyl (C=O) groups is 2. The molecular formula is C27H31N3O3. The molecule has 0 fully saturated rings. The Morgan fingerprint density at radius 1 is 0.788 bits per heavy atom. The van der Waals surface area contributed by atoms with Crippen LogP contribution in [0.4, 0.5) is 17.1 Å². The van der Waals surface area contributed by atoms with E-state index >= 15 is 0 Å². The highest BCUT2D eigenvalue weighted by Gasteiger charge is 2.05. The molecule has 0 atom stereocenters. The molecule has 2 amide bonds. The van der Waals surface area contributed by atoms with Crippen LogP contribution in [0.15, 0.2) is 78.9 Å². The summed E-state index contributed by atoms with van der Waals surface area (Å²) in [4.78, 5) is 24.0. The Hall–Kier alpha value is -3.80. The lowest BCUT2D eigenvalue weighted by atomic mass is 10.1. The van der Waals surface area contributed by atoms with Gasteiger partial charge in [-0.1, -0.05) is 43.3 Å². The third-order valence-corrected chi connectivity index (χ3v) is 4.94. The zero-order valence-electron chi connectivity index (χ0n) is 19.0. The third kappa shape index (κ3) is 8.69. The smallest absolute Gasteiger partial charge is 0.243 e. The van der Waals surface area contributed by atoms with Crippen LogP contribution in [0.3, 0.4) is 0 Å². The Morgan fingerprint density at radius 3 is 2.27 bits per heavy atom. The molecule has 3 N–H and O–H groups in total. The molecule has 0 radical (unpaired) electrons. The molecule has 3 aromatic carbocycles. The Kier molecular flexibility index (Phi) is 9.33. The van der Waals surface area contributed by atoms with Crippen LogP contribution in [-0.4, -0.2) is 25.0 Å². The average Bonchev–Trinajstić information content (AvgIpc) is 2.83. The number of anilines is 3. The normalized spacial score (nSPS) is 10.3. The molecule has 6 nitrogen and oxygen atoms in total. The van der Waals surface area contributed by atoms with Gasteiger partial charge < -0.3 is 20.7 Å². The summed E-state index contributed by atoms with van der Waals surface area (Å²) in [5, 5.41) is 8.80. The second-order valence-electron chi connectivity index (χ2n) is 7.74. The van der Waals surface area contributed by atoms with Crippen molar-refractivity contribution in [2.75, 3.05) is 29.1 Å². The van der Waals surface area contributed by atoms with Crippen LogP contribution in [0.2, 0.25) is 0 Å². The highest BCUT2D eigenvalue weighted by atomic mass is 16.5. The SMILES string of the molecule is CCCC(=O)Nc1cccc(NCC(=O)Nc2ccc(OCCCc3ccccc3)cc2)c1. The van der Waals surface area contributed by atoms with Crippen molar-refractivity contribution >= 4 is 28.9 Å². The van der Waals surface area contributed by atoms with E-state index in [4.69, 9.17) is 4.74 Å². The summed E-state index contributed by atoms with van der Waals surface area (Å²) in [6.45, 7) is 2.72. The third-order valence-electron chi connectivity index (χ3n) is 4.94. The molecule has 0 aliphatic rings. The molecule has 0 aliphatic carbocycles. The molecule has 6 heteroatoms. The minimum Gasteiger partial charge on any atom is -0.494 e. The van der Waals surface area contributed by atoms with Gasteiger partial charge in [-0.25, -0.2) is 0 Å². The van der Waals surface area contributed by atoms with Crippen LogP contribution < -0.4 is 20.7 Å². The largest absolute Gasteiger partial charge is 0.494 e. The van der Waals surface area contributed by atoms with E-state index < -0.39 is 0 Å². The van der Waals surface area contributed by atoms with E-state index in [1.54, 1.807) is 0 Å². The summed E-state index contributed by atoms with van der Waals surface area (Å²) in [6.07, 6.45) is 3.20. The minimum atomic E-state index is -0.160. The predicted molar refractivity (Wildman–Crippen MR) is 134 cm³/mol. The zero-order valence-corrected chi connectivity index (χ0v) is 19.0. The second-order valence-corrected chi connectivity index (χ2v) is 7.74. The average molecular weight is 446 g/mol. The fraction of sp³-hybridized carbons (Fsp3) is 0.259. The number of amides is 2. The maximum atomic E-state index is 12.3. The van der Waals surface area contributed by atoms with Gasteiger partial charge in [0.2, 0.25) is 11.8 Å². The van der Waals surface area contributed by atoms with Crippen molar-refractivity contribution in [3.63, 3.8) is 0 Å². The van der Waals surface area contributed by atoms with E-state index in [1.807, 2.05) is 73.7 Å². The molecule has 0 spiro atoms. The molecule has 0 saturated carbocycles. The van der Waals surface area contributed by atoms with Crippen molar-refractivity contribution in [2.24, 2.45) is 0 Å². The molecule has 0 aromatic heterocycles. The summed E-state index contributed by atoms with van der Waals surface area (Å²) in [7, 11) is 0. The molecule has 0 unspecified atom stereocenters. The Bertz CT molecular complexity index is 1020. The number of carbonyl (C=O) groups excluding carboxylic acids is 2. The van der Waals surface area contributed by atoms with Gasteiger partial charge in [0.1, 0.15) is 5.75 Å². The van der Waals surface area contributed by atoms with Crippen molar-refractivity contribution < 1.29 is 14.3 Å². The molecule has 0 bridgehead atoms. The van der Waals surface area contributed by atoms with Gasteiger partial charge in [-0.3, -0.25) is 9.59 Å². The van der Waals surface area contributed by atoms with Gasteiger partial charge in [0.25, 0.3) is 0 Å². The van der Waals surface area contributed by atoms with Gasteiger partial charge in [-0.05, 0) is 67.3 Å². The van der Waals surface area contributed by atoms with E-state index in [2.05, 4.69) is 28.1 Å². The lowest BCUT2D eigenvalue weighted by Gasteiger charge is -2.11. The van der Waals surface area contributed by atoms with Crippen LogP contribution in [0.25, 0.3) is 0 Å². The van der Waals surface area contributed by atoms with Gasteiger partial charge in [-0.2, -0.15) is 0 Å². The standard InChI is InChI=1S/C27H31N3O3/c1-2-8-26(31)30-24-13-6-12-23(19-24)28-20-27(32)29-22-14-16-25(17-15-22)33-18-7-11-21-9-4-3-5-10-21/h3-6,9-10,12-17,19,28H,2,7-8,11,18,20H2,1H3,(H,29,32)(H,30,31). The van der Waals surface area contributed by atoms with Gasteiger partial charge in [-0.15, -0.1) is 0 Å². The van der Waals surface area contributed by atoms with Crippen molar-refractivity contribution in [2.45, 2.75) is 32.6 Å². The fourth-order valence-corrected chi connectivity index (χ4v) is 3.29. The number of benzene rings is 3. The van der Waals surface area contributed by atoms with Gasteiger partial charge in [0.15, 0.2) is 0 Å². The van der Waals surface area contributed by atoms with Crippen LogP contribution in [0.5, 0.6) is 5.75 Å². The second kappa shape index (κ2) is 12.9. The van der Waals surface area contributed by atoms with Crippen molar-refractivity contribution in [1.82, 2.24) is 0 Å². The van der Waals surface area contributed by atoms with Crippen LogP contribution >= 0.6 is 0 Å². The number of ether oxygens (including phenoxy) is 1. The summed E-state index contributed by atoms with van der Waals surface area (Å²) in [6, 6.07) is 25.0. The first kappa shape index (κ1) is 23.9. The molecule has 172 valence electrons. The predicted octanol–water partition coefficient (Wildman–Crippen LogP) is 5.49. The number of hydrogen-bond donors (Lipinski definition) is 3. The fourth-order valence-electron chi connectivity index (χ4n) is 3.29. The first-order valence-corrected chi connectivity index (χ1v) is 11.3. The van der Waals surface area contributed by atoms with Crippen LogP contribution in [-0.2, 0) is 16.0 Å². The van der Waals surface area contributed by atoms with E-state index in [1.165, 1.54) is 5.56 Å². The van der Waals surface area contributed by atoms with Crippen molar-refractivity contribution in [3.8, 4) is 5.75 Å². The highest BCUT2D eigenvalue weighted by Crippen LogP contribution is 2.17. The van der Waals surface area contributed by atoms with E-state index in [9.17, 15) is 9.59 Å². The van der Waals surface area contributed by atoms with Gasteiger partial charge in [0, 0.05) is 23.5 Å². The molecule has 3 rings (SSSR count). The number of rotatable bonds is 12. The quantitative estimate of drug-likeness (QED) is 0.322. The van der Waals surface area contributed by atoms with Crippen LogP contribution in [0, 0.1) is 0 Å². The molecule has 3 aromatic rings. The van der Waals surface area contributed by atoms with Gasteiger partial charge in [0.05, 0.1) is 13.2 Å². The summed E-state index contributed by atoms with van der Waals surface area (Å²) < 4.78 is 5.79. The maximum Gasteiger partial charge on any atom is 0.243 e. The molecule has 33 heavy (non-hydrogen) atoms. The Labute approximate surface area is 195 Å². The number of aryl methyl sites for hydroxylation is 1. The molecular weight excluding hydrogens is 414 g/mol. The van der Waals surface area contributed by atoms with E-state index in [-0.39, 0.29) is 18.4 Å². The van der Waals surface area contributed by atoms with E-state index in [0.29, 0.717) is 24.4 Å². The highest BCUT2D eigenvalue weighted by molar-refractivity contribution is 5.94. The summed E-state index contributed by atoms with van der Waals surface area (Å²) in [5.41, 5.74) is 3.48. The Balaban J connectivity index is 1.38. The first-order chi connectivity index (χ1) is 16.1. The monoisotopic (exact) mass is 445 g/mol. The first-order valence-electron chi connectivity index (χ1n) is 11.3. The molecule has 0 saturated heterocycles. The minimum absolute atomic E-state index is 0.0176. The van der Waals surface area contributed by atoms with Crippen LogP contribution in [0.1, 0.15) is 31.7 Å². The Morgan fingerprint density at radius 2 is 1.52 bits per heavy atom. The van der Waals surface area contributed by atoms with E-state index in [0.717, 1.165) is 30.7 Å². The maximum absolute atomic E-state index is 12.3. The van der Waals surface area contributed by atoms with Crippen molar-refractivity contribution in [1.29, 1.82) is 0 Å². The summed E-state index contributed by atoms with van der Waals surface area (Å²) >= 11 is 0. The lowest BCUT2D eigenvalue weighted by Crippen LogP contribution is -2.21. The summed E-state index contributed by atoms with van der Waals surface area (Å²) in [5.74, 6) is 0.601. The topological polar surface area (TPSA) is 79.5 Å².